The Morgan fingerprint density at radius 2 is 2.22 bits per heavy atom. The number of hydrogen-bond acceptors (Lipinski definition) is 3. The molecule has 0 radical (unpaired) electrons. The zero-order valence-electron chi connectivity index (χ0n) is 16.1. The second-order valence-corrected chi connectivity index (χ2v) is 7.66. The Morgan fingerprint density at radius 3 is 2.96 bits per heavy atom. The average molecular weight is 365 g/mol. The third kappa shape index (κ3) is 3.92. The van der Waals surface area contributed by atoms with Crippen molar-refractivity contribution in [2.75, 3.05) is 13.2 Å². The smallest absolute Gasteiger partial charge is 0.254 e. The number of benzene rings is 1. The van der Waals surface area contributed by atoms with Crippen molar-refractivity contribution in [1.82, 2.24) is 14.7 Å². The summed E-state index contributed by atoms with van der Waals surface area (Å²) in [5, 5.41) is 4.57. The minimum Gasteiger partial charge on any atom is -0.493 e. The fourth-order valence-electron chi connectivity index (χ4n) is 3.96. The Bertz CT molecular complexity index is 849. The Kier molecular flexibility index (Phi) is 5.01. The van der Waals surface area contributed by atoms with Gasteiger partial charge in [-0.15, -0.1) is 0 Å². The number of amides is 1. The predicted octanol–water partition coefficient (Wildman–Crippen LogP) is 3.66. The summed E-state index contributed by atoms with van der Waals surface area (Å²) in [6, 6.07) is 7.89. The van der Waals surface area contributed by atoms with Crippen molar-refractivity contribution < 1.29 is 9.53 Å². The normalized spacial score (nSPS) is 18.2. The lowest BCUT2D eigenvalue weighted by molar-refractivity contribution is 0.0707. The Morgan fingerprint density at radius 1 is 1.33 bits per heavy atom. The molecule has 5 heteroatoms. The van der Waals surface area contributed by atoms with E-state index in [1.165, 1.54) is 0 Å². The van der Waals surface area contributed by atoms with Crippen molar-refractivity contribution in [2.24, 2.45) is 13.0 Å². The molecule has 4 rings (SSSR count). The molecule has 1 aliphatic heterocycles. The minimum absolute atomic E-state index is 0.0857. The van der Waals surface area contributed by atoms with E-state index in [4.69, 9.17) is 4.74 Å². The number of fused-ring (bicyclic) bond motifs is 1. The highest BCUT2D eigenvalue weighted by Crippen LogP contribution is 2.27. The van der Waals surface area contributed by atoms with Crippen LogP contribution in [0.1, 0.15) is 46.6 Å². The first-order chi connectivity index (χ1) is 13.1. The molecular formula is C22H27N3O2. The van der Waals surface area contributed by atoms with Gasteiger partial charge in [-0.25, -0.2) is 0 Å². The van der Waals surface area contributed by atoms with Gasteiger partial charge in [0.1, 0.15) is 5.75 Å². The maximum atomic E-state index is 13.3. The van der Waals surface area contributed by atoms with Gasteiger partial charge in [0.15, 0.2) is 0 Å². The lowest BCUT2D eigenvalue weighted by Gasteiger charge is -2.28. The summed E-state index contributed by atoms with van der Waals surface area (Å²) in [7, 11) is 1.94. The Labute approximate surface area is 160 Å². The monoisotopic (exact) mass is 365 g/mol. The van der Waals surface area contributed by atoms with E-state index >= 15 is 0 Å². The van der Waals surface area contributed by atoms with Gasteiger partial charge in [0.2, 0.25) is 0 Å². The van der Waals surface area contributed by atoms with E-state index in [0.717, 1.165) is 60.5 Å². The van der Waals surface area contributed by atoms with Gasteiger partial charge < -0.3 is 9.64 Å². The van der Waals surface area contributed by atoms with Gasteiger partial charge in [-0.2, -0.15) is 5.10 Å². The standard InChI is InChI=1S/C22H27N3O2/c1-16-12-20(23-24(16)2)15-25(14-17-6-4-3-5-7-17)22(26)19-8-9-21-18(13-19)10-11-27-21/h3-4,8-9,12-13,17H,5-7,10-11,14-15H2,1-2H3/t17-/m1/s1. The van der Waals surface area contributed by atoms with Crippen LogP contribution in [-0.4, -0.2) is 33.7 Å². The van der Waals surface area contributed by atoms with Crippen molar-refractivity contribution in [1.29, 1.82) is 0 Å². The van der Waals surface area contributed by atoms with Crippen molar-refractivity contribution in [3.05, 3.63) is 58.9 Å². The van der Waals surface area contributed by atoms with Crippen molar-refractivity contribution in [3.8, 4) is 5.75 Å². The highest BCUT2D eigenvalue weighted by molar-refractivity contribution is 5.94. The van der Waals surface area contributed by atoms with E-state index in [2.05, 4.69) is 23.3 Å². The van der Waals surface area contributed by atoms with Crippen molar-refractivity contribution >= 4 is 5.91 Å². The van der Waals surface area contributed by atoms with Gasteiger partial charge in [-0.1, -0.05) is 12.2 Å². The van der Waals surface area contributed by atoms with Gasteiger partial charge in [-0.05, 0) is 61.9 Å². The Balaban J connectivity index is 1.57. The SMILES string of the molecule is Cc1cc(CN(C[C@@H]2CC=CCC2)C(=O)c2ccc3c(c2)CCO3)nn1C. The summed E-state index contributed by atoms with van der Waals surface area (Å²) in [5.74, 6) is 1.51. The summed E-state index contributed by atoms with van der Waals surface area (Å²) < 4.78 is 7.45. The van der Waals surface area contributed by atoms with Gasteiger partial charge in [0.05, 0.1) is 18.8 Å². The van der Waals surface area contributed by atoms with Crippen LogP contribution in [0.25, 0.3) is 0 Å². The molecule has 2 aliphatic rings. The molecule has 2 aromatic rings. The fraction of sp³-hybridized carbons (Fsp3) is 0.455. The molecule has 2 heterocycles. The number of carbonyl (C=O) groups excluding carboxylic acids is 1. The lowest BCUT2D eigenvalue weighted by Crippen LogP contribution is -2.35. The molecule has 0 saturated carbocycles. The third-order valence-electron chi connectivity index (χ3n) is 5.60. The quantitative estimate of drug-likeness (QED) is 0.760. The molecule has 0 spiro atoms. The first kappa shape index (κ1) is 17.8. The molecule has 0 saturated heterocycles. The molecule has 0 fully saturated rings. The number of carbonyl (C=O) groups is 1. The third-order valence-corrected chi connectivity index (χ3v) is 5.60. The van der Waals surface area contributed by atoms with Crippen LogP contribution >= 0.6 is 0 Å². The summed E-state index contributed by atoms with van der Waals surface area (Å²) in [6.45, 7) is 4.06. The zero-order valence-corrected chi connectivity index (χ0v) is 16.1. The molecule has 1 aromatic carbocycles. The number of nitrogens with zero attached hydrogens (tertiary/aromatic N) is 3. The van der Waals surface area contributed by atoms with Crippen LogP contribution in [0.2, 0.25) is 0 Å². The molecular weight excluding hydrogens is 338 g/mol. The van der Waals surface area contributed by atoms with Crippen molar-refractivity contribution in [3.63, 3.8) is 0 Å². The molecule has 1 amide bonds. The van der Waals surface area contributed by atoms with Gasteiger partial charge in [-0.3, -0.25) is 9.48 Å². The fourth-order valence-corrected chi connectivity index (χ4v) is 3.96. The zero-order chi connectivity index (χ0) is 18.8. The highest BCUT2D eigenvalue weighted by Gasteiger charge is 2.23. The van der Waals surface area contributed by atoms with E-state index < -0.39 is 0 Å². The molecule has 0 bridgehead atoms. The number of hydrogen-bond donors (Lipinski definition) is 0. The first-order valence-electron chi connectivity index (χ1n) is 9.79. The largest absolute Gasteiger partial charge is 0.493 e. The van der Waals surface area contributed by atoms with Crippen LogP contribution in [0.5, 0.6) is 5.75 Å². The molecule has 142 valence electrons. The maximum absolute atomic E-state index is 13.3. The van der Waals surface area contributed by atoms with E-state index in [9.17, 15) is 4.79 Å². The molecule has 1 aliphatic carbocycles. The van der Waals surface area contributed by atoms with Crippen LogP contribution in [0.15, 0.2) is 36.4 Å². The summed E-state index contributed by atoms with van der Waals surface area (Å²) in [6.07, 6.45) is 8.65. The number of allylic oxidation sites excluding steroid dienone is 2. The average Bonchev–Trinajstić information content (AvgIpc) is 3.27. The first-order valence-corrected chi connectivity index (χ1v) is 9.79. The molecule has 1 aromatic heterocycles. The predicted molar refractivity (Wildman–Crippen MR) is 105 cm³/mol. The van der Waals surface area contributed by atoms with Crippen LogP contribution < -0.4 is 4.74 Å². The van der Waals surface area contributed by atoms with E-state index in [-0.39, 0.29) is 5.91 Å². The minimum atomic E-state index is 0.0857. The summed E-state index contributed by atoms with van der Waals surface area (Å²) in [5.41, 5.74) is 3.93. The molecule has 1 atom stereocenters. The van der Waals surface area contributed by atoms with Gasteiger partial charge in [0, 0.05) is 31.3 Å². The second-order valence-electron chi connectivity index (χ2n) is 7.66. The number of aryl methyl sites for hydroxylation is 2. The molecule has 5 nitrogen and oxygen atoms in total. The lowest BCUT2D eigenvalue weighted by atomic mass is 9.93. The number of aromatic nitrogens is 2. The Hall–Kier alpha value is -2.56. The summed E-state index contributed by atoms with van der Waals surface area (Å²) >= 11 is 0. The molecule has 0 unspecified atom stereocenters. The van der Waals surface area contributed by atoms with Crippen LogP contribution in [-0.2, 0) is 20.0 Å². The van der Waals surface area contributed by atoms with E-state index in [0.29, 0.717) is 19.1 Å². The van der Waals surface area contributed by atoms with Crippen LogP contribution in [0.4, 0.5) is 0 Å². The van der Waals surface area contributed by atoms with Gasteiger partial charge in [0.25, 0.3) is 5.91 Å². The van der Waals surface area contributed by atoms with E-state index in [1.54, 1.807) is 0 Å². The summed E-state index contributed by atoms with van der Waals surface area (Å²) in [4.78, 5) is 15.3. The molecule has 0 N–H and O–H groups in total. The number of ether oxygens (including phenoxy) is 1. The van der Waals surface area contributed by atoms with E-state index in [1.807, 2.05) is 41.8 Å². The van der Waals surface area contributed by atoms with Crippen LogP contribution in [0, 0.1) is 12.8 Å². The molecule has 27 heavy (non-hydrogen) atoms. The van der Waals surface area contributed by atoms with Crippen molar-refractivity contribution in [2.45, 2.75) is 39.2 Å². The number of rotatable bonds is 5. The topological polar surface area (TPSA) is 47.4 Å². The van der Waals surface area contributed by atoms with Crippen LogP contribution in [0.3, 0.4) is 0 Å². The highest BCUT2D eigenvalue weighted by atomic mass is 16.5. The van der Waals surface area contributed by atoms with Gasteiger partial charge >= 0.3 is 0 Å². The second kappa shape index (κ2) is 7.59. The maximum Gasteiger partial charge on any atom is 0.254 e.